The molecule has 1 aliphatic heterocycles. The van der Waals surface area contributed by atoms with Crippen LogP contribution >= 0.6 is 11.3 Å². The van der Waals surface area contributed by atoms with Crippen LogP contribution in [-0.2, 0) is 14.6 Å². The molecule has 0 radical (unpaired) electrons. The monoisotopic (exact) mass is 203 g/mol. The van der Waals surface area contributed by atoms with E-state index in [9.17, 15) is 13.2 Å². The summed E-state index contributed by atoms with van der Waals surface area (Å²) < 4.78 is 22.6. The first-order chi connectivity index (χ1) is 5.59. The summed E-state index contributed by atoms with van der Waals surface area (Å²) in [6.45, 7) is 0. The standard InChI is InChI=1S/C6H5NO3S2/c8-5-3-12(9,10)4-1-2-11-6(4)7-5/h1-2H,3H2,(H,7,8). The van der Waals surface area contributed by atoms with Crippen molar-refractivity contribution in [3.05, 3.63) is 11.4 Å². The van der Waals surface area contributed by atoms with Crippen molar-refractivity contribution in [2.75, 3.05) is 11.1 Å². The lowest BCUT2D eigenvalue weighted by atomic mass is 10.5. The van der Waals surface area contributed by atoms with Gasteiger partial charge in [-0.05, 0) is 11.4 Å². The molecular weight excluding hydrogens is 198 g/mol. The van der Waals surface area contributed by atoms with Gasteiger partial charge in [-0.2, -0.15) is 0 Å². The number of sulfone groups is 1. The van der Waals surface area contributed by atoms with Gasteiger partial charge in [0.15, 0.2) is 9.84 Å². The van der Waals surface area contributed by atoms with Gasteiger partial charge in [0.25, 0.3) is 0 Å². The number of carbonyl (C=O) groups excluding carboxylic acids is 1. The molecule has 0 aromatic carbocycles. The van der Waals surface area contributed by atoms with Gasteiger partial charge >= 0.3 is 0 Å². The van der Waals surface area contributed by atoms with Crippen molar-refractivity contribution >= 4 is 32.1 Å². The van der Waals surface area contributed by atoms with E-state index in [1.165, 1.54) is 17.4 Å². The number of hydrogen-bond acceptors (Lipinski definition) is 4. The molecule has 64 valence electrons. The van der Waals surface area contributed by atoms with Crippen molar-refractivity contribution in [2.45, 2.75) is 4.90 Å². The van der Waals surface area contributed by atoms with Gasteiger partial charge in [-0.1, -0.05) is 0 Å². The molecule has 0 fully saturated rings. The molecule has 6 heteroatoms. The summed E-state index contributed by atoms with van der Waals surface area (Å²) >= 11 is 1.22. The Kier molecular flexibility index (Phi) is 1.49. The molecule has 1 aliphatic rings. The van der Waals surface area contributed by atoms with Gasteiger partial charge < -0.3 is 5.32 Å². The Bertz CT molecular complexity index is 431. The number of nitrogens with one attached hydrogen (secondary N) is 1. The van der Waals surface area contributed by atoms with E-state index in [1.807, 2.05) is 0 Å². The summed E-state index contributed by atoms with van der Waals surface area (Å²) in [6, 6.07) is 1.51. The van der Waals surface area contributed by atoms with Crippen LogP contribution in [0.5, 0.6) is 0 Å². The Balaban J connectivity index is 2.68. The van der Waals surface area contributed by atoms with Crippen molar-refractivity contribution < 1.29 is 13.2 Å². The average Bonchev–Trinajstić information content (AvgIpc) is 2.32. The van der Waals surface area contributed by atoms with Crippen molar-refractivity contribution in [3.8, 4) is 0 Å². The second kappa shape index (κ2) is 2.30. The maximum Gasteiger partial charge on any atom is 0.240 e. The van der Waals surface area contributed by atoms with Gasteiger partial charge in [0.2, 0.25) is 5.91 Å². The molecular formula is C6H5NO3S2. The van der Waals surface area contributed by atoms with Gasteiger partial charge in [-0.25, -0.2) is 8.42 Å². The molecule has 1 aromatic heterocycles. The smallest absolute Gasteiger partial charge is 0.240 e. The predicted octanol–water partition coefficient (Wildman–Crippen LogP) is 0.474. The van der Waals surface area contributed by atoms with Crippen molar-refractivity contribution in [3.63, 3.8) is 0 Å². The fourth-order valence-electron chi connectivity index (χ4n) is 1.05. The Labute approximate surface area is 73.1 Å². The van der Waals surface area contributed by atoms with E-state index in [0.29, 0.717) is 5.00 Å². The minimum Gasteiger partial charge on any atom is -0.316 e. The Morgan fingerprint density at radius 1 is 1.50 bits per heavy atom. The third kappa shape index (κ3) is 1.03. The summed E-state index contributed by atoms with van der Waals surface area (Å²) in [5.41, 5.74) is 0. The van der Waals surface area contributed by atoms with E-state index >= 15 is 0 Å². The van der Waals surface area contributed by atoms with Crippen LogP contribution in [0, 0.1) is 0 Å². The van der Waals surface area contributed by atoms with Crippen LogP contribution in [0.2, 0.25) is 0 Å². The third-order valence-electron chi connectivity index (χ3n) is 1.54. The highest BCUT2D eigenvalue weighted by Crippen LogP contribution is 2.31. The van der Waals surface area contributed by atoms with Crippen LogP contribution in [0.1, 0.15) is 0 Å². The highest BCUT2D eigenvalue weighted by atomic mass is 32.2. The number of hydrogen-bond donors (Lipinski definition) is 1. The molecule has 0 saturated heterocycles. The number of carbonyl (C=O) groups is 1. The molecule has 2 rings (SSSR count). The van der Waals surface area contributed by atoms with Crippen LogP contribution in [0.4, 0.5) is 5.00 Å². The lowest BCUT2D eigenvalue weighted by molar-refractivity contribution is -0.114. The molecule has 12 heavy (non-hydrogen) atoms. The summed E-state index contributed by atoms with van der Waals surface area (Å²) in [6.07, 6.45) is 0. The maximum atomic E-state index is 11.3. The Hall–Kier alpha value is -0.880. The number of anilines is 1. The Morgan fingerprint density at radius 2 is 2.25 bits per heavy atom. The lowest BCUT2D eigenvalue weighted by Gasteiger charge is -2.11. The minimum absolute atomic E-state index is 0.243. The molecule has 1 amide bonds. The Morgan fingerprint density at radius 3 is 3.00 bits per heavy atom. The van der Waals surface area contributed by atoms with Crippen molar-refractivity contribution in [2.24, 2.45) is 0 Å². The van der Waals surface area contributed by atoms with E-state index < -0.39 is 21.5 Å². The van der Waals surface area contributed by atoms with E-state index in [-0.39, 0.29) is 4.90 Å². The van der Waals surface area contributed by atoms with Crippen molar-refractivity contribution in [1.82, 2.24) is 0 Å². The zero-order valence-electron chi connectivity index (χ0n) is 5.90. The second-order valence-corrected chi connectivity index (χ2v) is 5.30. The molecule has 0 unspecified atom stereocenters. The molecule has 4 nitrogen and oxygen atoms in total. The molecule has 0 aliphatic carbocycles. The normalized spacial score (nSPS) is 19.8. The van der Waals surface area contributed by atoms with Crippen LogP contribution in [0.25, 0.3) is 0 Å². The molecule has 1 N–H and O–H groups in total. The number of thiophene rings is 1. The zero-order valence-corrected chi connectivity index (χ0v) is 7.54. The van der Waals surface area contributed by atoms with E-state index in [2.05, 4.69) is 5.32 Å². The lowest BCUT2D eigenvalue weighted by Crippen LogP contribution is -2.27. The first kappa shape index (κ1) is 7.75. The topological polar surface area (TPSA) is 63.2 Å². The summed E-state index contributed by atoms with van der Waals surface area (Å²) in [5.74, 6) is -0.888. The third-order valence-corrected chi connectivity index (χ3v) is 4.15. The van der Waals surface area contributed by atoms with Gasteiger partial charge in [-0.3, -0.25) is 4.79 Å². The maximum absolute atomic E-state index is 11.3. The molecule has 0 bridgehead atoms. The van der Waals surface area contributed by atoms with Gasteiger partial charge in [0.1, 0.15) is 15.6 Å². The zero-order chi connectivity index (χ0) is 8.77. The minimum atomic E-state index is -3.35. The van der Waals surface area contributed by atoms with Gasteiger partial charge in [-0.15, -0.1) is 11.3 Å². The van der Waals surface area contributed by atoms with Crippen LogP contribution in [-0.4, -0.2) is 20.1 Å². The number of fused-ring (bicyclic) bond motifs is 1. The second-order valence-electron chi connectivity index (χ2n) is 2.42. The largest absolute Gasteiger partial charge is 0.316 e. The van der Waals surface area contributed by atoms with Crippen LogP contribution in [0.15, 0.2) is 16.3 Å². The number of amides is 1. The fraction of sp³-hybridized carbons (Fsp3) is 0.167. The fourth-order valence-corrected chi connectivity index (χ4v) is 3.54. The van der Waals surface area contributed by atoms with E-state index in [4.69, 9.17) is 0 Å². The summed E-state index contributed by atoms with van der Waals surface area (Å²) in [4.78, 5) is 11.1. The van der Waals surface area contributed by atoms with Gasteiger partial charge in [0.05, 0.1) is 0 Å². The van der Waals surface area contributed by atoms with E-state index in [0.717, 1.165) is 0 Å². The first-order valence-electron chi connectivity index (χ1n) is 3.20. The molecule has 2 heterocycles. The molecule has 1 aromatic rings. The average molecular weight is 203 g/mol. The molecule has 0 atom stereocenters. The molecule has 0 spiro atoms. The number of rotatable bonds is 0. The van der Waals surface area contributed by atoms with Crippen LogP contribution < -0.4 is 5.32 Å². The summed E-state index contributed by atoms with van der Waals surface area (Å²) in [7, 11) is -3.35. The predicted molar refractivity (Wildman–Crippen MR) is 45.0 cm³/mol. The van der Waals surface area contributed by atoms with Crippen LogP contribution in [0.3, 0.4) is 0 Å². The van der Waals surface area contributed by atoms with Gasteiger partial charge in [0, 0.05) is 0 Å². The first-order valence-corrected chi connectivity index (χ1v) is 5.73. The highest BCUT2D eigenvalue weighted by Gasteiger charge is 2.29. The van der Waals surface area contributed by atoms with E-state index in [1.54, 1.807) is 5.38 Å². The summed E-state index contributed by atoms with van der Waals surface area (Å²) in [5, 5.41) is 4.58. The SMILES string of the molecule is O=C1CS(=O)(=O)c2ccsc2N1. The molecule has 0 saturated carbocycles. The quantitative estimate of drug-likeness (QED) is 0.666. The van der Waals surface area contributed by atoms with Crippen molar-refractivity contribution in [1.29, 1.82) is 0 Å². The highest BCUT2D eigenvalue weighted by molar-refractivity contribution is 7.92.